The average Bonchev–Trinajstić information content (AvgIpc) is 3.30. The van der Waals surface area contributed by atoms with Crippen LogP contribution in [-0.2, 0) is 19.4 Å². The predicted molar refractivity (Wildman–Crippen MR) is 142 cm³/mol. The molecule has 0 aliphatic carbocycles. The van der Waals surface area contributed by atoms with Gasteiger partial charge in [0.25, 0.3) is 0 Å². The number of aliphatic imine (C=N–C) groups is 1. The van der Waals surface area contributed by atoms with Crippen molar-refractivity contribution in [1.82, 2.24) is 0 Å². The molecule has 4 rings (SSSR count). The number of nitrogens with zero attached hydrogens (tertiary/aromatic N) is 1. The first-order chi connectivity index (χ1) is 17.8. The van der Waals surface area contributed by atoms with Gasteiger partial charge in [0.1, 0.15) is 5.75 Å². The van der Waals surface area contributed by atoms with E-state index in [2.05, 4.69) is 20.9 Å². The Kier molecular flexibility index (Phi) is 8.31. The summed E-state index contributed by atoms with van der Waals surface area (Å²) in [6.45, 7) is 0.381. The molecule has 10 heteroatoms. The summed E-state index contributed by atoms with van der Waals surface area (Å²) >= 11 is 3.47. The monoisotopic (exact) mass is 587 g/mol. The molecule has 1 aliphatic rings. The number of carbonyl (C=O) groups is 1. The van der Waals surface area contributed by atoms with Crippen LogP contribution in [0.5, 0.6) is 5.75 Å². The second-order valence-electron chi connectivity index (χ2n) is 8.50. The topological polar surface area (TPSA) is 122 Å². The minimum atomic E-state index is -3.77. The average molecular weight is 588 g/mol. The smallest absolute Gasteiger partial charge is 0.336 e. The number of benzene rings is 3. The van der Waals surface area contributed by atoms with Crippen molar-refractivity contribution in [3.8, 4) is 5.75 Å². The van der Waals surface area contributed by atoms with Crippen molar-refractivity contribution >= 4 is 37.6 Å². The van der Waals surface area contributed by atoms with Crippen LogP contribution in [0.15, 0.2) is 93.2 Å². The number of aliphatic hydroxyl groups is 1. The molecule has 2 N–H and O–H groups in total. The van der Waals surface area contributed by atoms with Crippen molar-refractivity contribution in [3.05, 3.63) is 94.5 Å². The maximum atomic E-state index is 13.0. The lowest BCUT2D eigenvalue weighted by Gasteiger charge is -2.28. The first-order valence-electron chi connectivity index (χ1n) is 11.6. The third kappa shape index (κ3) is 5.87. The molecule has 0 amide bonds. The Morgan fingerprint density at radius 3 is 2.35 bits per heavy atom. The van der Waals surface area contributed by atoms with Crippen molar-refractivity contribution < 1.29 is 32.9 Å². The Morgan fingerprint density at radius 1 is 1.03 bits per heavy atom. The molecule has 0 fully saturated rings. The quantitative estimate of drug-likeness (QED) is 0.318. The number of hydrogen-bond donors (Lipinski definition) is 2. The Hall–Kier alpha value is -3.21. The molecule has 0 radical (unpaired) electrons. The SMILES string of the molecule is O=C(O)[C@]1(CCS(=O)(=O)c2ccccc2)N=C(c2ccc(OCCCO)cc2)O[C@@H]1c1ccccc1Br. The van der Waals surface area contributed by atoms with Crippen LogP contribution in [0.4, 0.5) is 0 Å². The largest absolute Gasteiger partial charge is 0.494 e. The molecule has 2 atom stereocenters. The Balaban J connectivity index is 1.70. The first-order valence-corrected chi connectivity index (χ1v) is 14.1. The Morgan fingerprint density at radius 2 is 1.70 bits per heavy atom. The van der Waals surface area contributed by atoms with Gasteiger partial charge in [-0.2, -0.15) is 0 Å². The van der Waals surface area contributed by atoms with Crippen LogP contribution in [0, 0.1) is 0 Å². The summed E-state index contributed by atoms with van der Waals surface area (Å²) in [6, 6.07) is 21.8. The normalized spacial score (nSPS) is 19.2. The number of hydrogen-bond acceptors (Lipinski definition) is 7. The van der Waals surface area contributed by atoms with Crippen LogP contribution in [0.1, 0.15) is 30.1 Å². The standard InChI is InChI=1S/C27H26BrNO7S/c28-23-10-5-4-9-22(23)24-27(26(31)32,15-18-37(33,34)21-7-2-1-3-8-21)29-25(36-24)19-11-13-20(14-12-19)35-17-6-16-30/h1-5,7-14,24,30H,6,15-18H2,(H,31,32)/t24-,27-/m1/s1. The lowest BCUT2D eigenvalue weighted by molar-refractivity contribution is -0.146. The second kappa shape index (κ2) is 11.5. The zero-order valence-electron chi connectivity index (χ0n) is 19.8. The summed E-state index contributed by atoms with van der Waals surface area (Å²) in [4.78, 5) is 17.5. The maximum Gasteiger partial charge on any atom is 0.336 e. The number of aliphatic hydroxyl groups excluding tert-OH is 1. The third-order valence-corrected chi connectivity index (χ3v) is 8.50. The van der Waals surface area contributed by atoms with Crippen molar-refractivity contribution in [1.29, 1.82) is 0 Å². The summed E-state index contributed by atoms with van der Waals surface area (Å²) in [5, 5.41) is 19.4. The number of ether oxygens (including phenoxy) is 2. The minimum Gasteiger partial charge on any atom is -0.494 e. The summed E-state index contributed by atoms with van der Waals surface area (Å²) in [5.74, 6) is -1.03. The Labute approximate surface area is 223 Å². The third-order valence-electron chi connectivity index (χ3n) is 6.05. The van der Waals surface area contributed by atoms with Crippen molar-refractivity contribution in [2.75, 3.05) is 19.0 Å². The highest BCUT2D eigenvalue weighted by Gasteiger charge is 2.54. The summed E-state index contributed by atoms with van der Waals surface area (Å²) in [7, 11) is -3.77. The van der Waals surface area contributed by atoms with E-state index >= 15 is 0 Å². The van der Waals surface area contributed by atoms with Crippen LogP contribution in [0.2, 0.25) is 0 Å². The molecule has 194 valence electrons. The van der Waals surface area contributed by atoms with Crippen LogP contribution in [0.3, 0.4) is 0 Å². The zero-order chi connectivity index (χ0) is 26.5. The molecule has 3 aromatic rings. The van der Waals surface area contributed by atoms with Gasteiger partial charge in [-0.25, -0.2) is 18.2 Å². The van der Waals surface area contributed by atoms with E-state index < -0.39 is 33.2 Å². The van der Waals surface area contributed by atoms with E-state index in [1.807, 2.05) is 0 Å². The van der Waals surface area contributed by atoms with Gasteiger partial charge in [0, 0.05) is 35.0 Å². The molecule has 0 aromatic heterocycles. The fourth-order valence-electron chi connectivity index (χ4n) is 4.05. The highest BCUT2D eigenvalue weighted by molar-refractivity contribution is 9.10. The fraction of sp³-hybridized carbons (Fsp3) is 0.259. The van der Waals surface area contributed by atoms with Gasteiger partial charge in [-0.1, -0.05) is 52.3 Å². The van der Waals surface area contributed by atoms with E-state index in [-0.39, 0.29) is 23.8 Å². The van der Waals surface area contributed by atoms with Crippen LogP contribution < -0.4 is 4.74 Å². The molecule has 0 bridgehead atoms. The molecule has 1 aliphatic heterocycles. The van der Waals surface area contributed by atoms with Crippen molar-refractivity contribution in [2.24, 2.45) is 4.99 Å². The van der Waals surface area contributed by atoms with E-state index in [1.165, 1.54) is 12.1 Å². The number of aliphatic carboxylic acids is 1. The number of sulfone groups is 1. The number of carboxylic acid groups (broad SMARTS) is 1. The van der Waals surface area contributed by atoms with Gasteiger partial charge >= 0.3 is 5.97 Å². The van der Waals surface area contributed by atoms with Gasteiger partial charge in [-0.3, -0.25) is 0 Å². The fourth-order valence-corrected chi connectivity index (χ4v) is 5.93. The van der Waals surface area contributed by atoms with Crippen LogP contribution in [0.25, 0.3) is 0 Å². The molecule has 0 saturated heterocycles. The first kappa shape index (κ1) is 26.8. The molecule has 0 spiro atoms. The minimum absolute atomic E-state index is 0.0242. The molecule has 37 heavy (non-hydrogen) atoms. The summed E-state index contributed by atoms with van der Waals surface area (Å²) in [5.41, 5.74) is -0.803. The van der Waals surface area contributed by atoms with Gasteiger partial charge in [0.2, 0.25) is 11.4 Å². The lowest BCUT2D eigenvalue weighted by Crippen LogP contribution is -2.42. The number of carboxylic acids is 1. The van der Waals surface area contributed by atoms with Crippen molar-refractivity contribution in [3.63, 3.8) is 0 Å². The highest BCUT2D eigenvalue weighted by Crippen LogP contribution is 2.45. The van der Waals surface area contributed by atoms with Crippen LogP contribution >= 0.6 is 15.9 Å². The number of rotatable bonds is 11. The number of halogens is 1. The summed E-state index contributed by atoms with van der Waals surface area (Å²) < 4.78 is 38.4. The van der Waals surface area contributed by atoms with Gasteiger partial charge in [-0.05, 0) is 42.5 Å². The van der Waals surface area contributed by atoms with E-state index in [0.717, 1.165) is 0 Å². The van der Waals surface area contributed by atoms with E-state index in [9.17, 15) is 18.3 Å². The molecule has 0 saturated carbocycles. The lowest BCUT2D eigenvalue weighted by atomic mass is 9.86. The van der Waals surface area contributed by atoms with E-state index in [4.69, 9.17) is 14.6 Å². The van der Waals surface area contributed by atoms with Crippen LogP contribution in [-0.4, -0.2) is 55.0 Å². The molecule has 8 nitrogen and oxygen atoms in total. The molecule has 3 aromatic carbocycles. The molecule has 1 heterocycles. The van der Waals surface area contributed by atoms with E-state index in [0.29, 0.717) is 34.4 Å². The Bertz CT molecular complexity index is 1380. The van der Waals surface area contributed by atoms with E-state index in [1.54, 1.807) is 66.7 Å². The predicted octanol–water partition coefficient (Wildman–Crippen LogP) is 4.42. The van der Waals surface area contributed by atoms with Gasteiger partial charge < -0.3 is 19.7 Å². The van der Waals surface area contributed by atoms with Gasteiger partial charge in [-0.15, -0.1) is 0 Å². The van der Waals surface area contributed by atoms with Gasteiger partial charge in [0.15, 0.2) is 15.9 Å². The van der Waals surface area contributed by atoms with Crippen molar-refractivity contribution in [2.45, 2.75) is 29.4 Å². The second-order valence-corrected chi connectivity index (χ2v) is 11.5. The zero-order valence-corrected chi connectivity index (χ0v) is 22.2. The summed E-state index contributed by atoms with van der Waals surface area (Å²) in [6.07, 6.45) is -0.864. The maximum absolute atomic E-state index is 13.0. The molecular weight excluding hydrogens is 562 g/mol. The molecular formula is C27H26BrNO7S. The van der Waals surface area contributed by atoms with Gasteiger partial charge in [0.05, 0.1) is 17.3 Å². The highest BCUT2D eigenvalue weighted by atomic mass is 79.9. The molecule has 0 unspecified atom stereocenters.